The van der Waals surface area contributed by atoms with Crippen LogP contribution in [0.25, 0.3) is 0 Å². The summed E-state index contributed by atoms with van der Waals surface area (Å²) in [7, 11) is 0. The predicted molar refractivity (Wildman–Crippen MR) is 54.7 cm³/mol. The molecule has 1 heterocycles. The molecule has 4 nitrogen and oxygen atoms in total. The minimum absolute atomic E-state index is 0.0150. The lowest BCUT2D eigenvalue weighted by molar-refractivity contribution is 0.494. The van der Waals surface area contributed by atoms with Crippen LogP contribution in [-0.2, 0) is 0 Å². The SMILES string of the molecule is CC(C)C[C@H](N)c1n[nH]c(C2CC2)n1. The Labute approximate surface area is 84.3 Å². The third kappa shape index (κ3) is 2.12. The van der Waals surface area contributed by atoms with Gasteiger partial charge in [-0.2, -0.15) is 5.10 Å². The summed E-state index contributed by atoms with van der Waals surface area (Å²) in [5, 5.41) is 7.15. The maximum atomic E-state index is 5.98. The van der Waals surface area contributed by atoms with Crippen molar-refractivity contribution in [3.63, 3.8) is 0 Å². The fourth-order valence-corrected chi connectivity index (χ4v) is 1.61. The Balaban J connectivity index is 2.00. The van der Waals surface area contributed by atoms with Crippen LogP contribution in [0.2, 0.25) is 0 Å². The van der Waals surface area contributed by atoms with Crippen LogP contribution in [0.4, 0.5) is 0 Å². The van der Waals surface area contributed by atoms with Crippen molar-refractivity contribution in [2.24, 2.45) is 11.7 Å². The van der Waals surface area contributed by atoms with Crippen LogP contribution < -0.4 is 5.73 Å². The molecule has 14 heavy (non-hydrogen) atoms. The van der Waals surface area contributed by atoms with Gasteiger partial charge in [0.15, 0.2) is 5.82 Å². The van der Waals surface area contributed by atoms with Gasteiger partial charge in [-0.3, -0.25) is 5.10 Å². The second-order valence-corrected chi connectivity index (χ2v) is 4.59. The maximum Gasteiger partial charge on any atom is 0.167 e. The van der Waals surface area contributed by atoms with Crippen molar-refractivity contribution in [3.05, 3.63) is 11.6 Å². The first-order valence-corrected chi connectivity index (χ1v) is 5.34. The lowest BCUT2D eigenvalue weighted by atomic mass is 10.0. The highest BCUT2D eigenvalue weighted by Crippen LogP contribution is 2.38. The Bertz CT molecular complexity index is 301. The highest BCUT2D eigenvalue weighted by molar-refractivity contribution is 5.06. The second kappa shape index (κ2) is 3.69. The van der Waals surface area contributed by atoms with Gasteiger partial charge < -0.3 is 5.73 Å². The zero-order chi connectivity index (χ0) is 10.1. The summed E-state index contributed by atoms with van der Waals surface area (Å²) in [6.07, 6.45) is 3.43. The van der Waals surface area contributed by atoms with Gasteiger partial charge in [-0.15, -0.1) is 0 Å². The number of nitrogens with two attached hydrogens (primary N) is 1. The molecule has 0 amide bonds. The minimum atomic E-state index is -0.0150. The van der Waals surface area contributed by atoms with E-state index in [1.807, 2.05) is 0 Å². The zero-order valence-electron chi connectivity index (χ0n) is 8.83. The van der Waals surface area contributed by atoms with E-state index in [0.29, 0.717) is 11.8 Å². The third-order valence-corrected chi connectivity index (χ3v) is 2.54. The Kier molecular flexibility index (Phi) is 2.54. The molecule has 0 aliphatic heterocycles. The first-order chi connectivity index (χ1) is 6.66. The molecule has 0 radical (unpaired) electrons. The van der Waals surface area contributed by atoms with E-state index in [2.05, 4.69) is 29.0 Å². The average Bonchev–Trinajstić information content (AvgIpc) is 2.82. The summed E-state index contributed by atoms with van der Waals surface area (Å²) in [6, 6.07) is -0.0150. The minimum Gasteiger partial charge on any atom is -0.321 e. The summed E-state index contributed by atoms with van der Waals surface area (Å²) >= 11 is 0. The quantitative estimate of drug-likeness (QED) is 0.767. The number of aromatic nitrogens is 3. The Morgan fingerprint density at radius 1 is 1.50 bits per heavy atom. The molecule has 0 saturated heterocycles. The summed E-state index contributed by atoms with van der Waals surface area (Å²) in [6.45, 7) is 4.32. The van der Waals surface area contributed by atoms with Gasteiger partial charge in [0.1, 0.15) is 5.82 Å². The van der Waals surface area contributed by atoms with E-state index >= 15 is 0 Å². The standard InChI is InChI=1S/C10H18N4/c1-6(2)5-8(11)10-12-9(13-14-10)7-3-4-7/h6-8H,3-5,11H2,1-2H3,(H,12,13,14)/t8-/m0/s1. The number of hydrogen-bond acceptors (Lipinski definition) is 3. The Morgan fingerprint density at radius 3 is 2.79 bits per heavy atom. The van der Waals surface area contributed by atoms with Crippen molar-refractivity contribution in [2.45, 2.75) is 45.1 Å². The molecular weight excluding hydrogens is 176 g/mol. The number of aromatic amines is 1. The molecular formula is C10H18N4. The van der Waals surface area contributed by atoms with Crippen LogP contribution >= 0.6 is 0 Å². The van der Waals surface area contributed by atoms with Crippen molar-refractivity contribution in [3.8, 4) is 0 Å². The molecule has 1 saturated carbocycles. The Morgan fingerprint density at radius 2 is 2.21 bits per heavy atom. The highest BCUT2D eigenvalue weighted by atomic mass is 15.2. The molecule has 0 unspecified atom stereocenters. The number of hydrogen-bond donors (Lipinski definition) is 2. The van der Waals surface area contributed by atoms with Crippen LogP contribution in [0, 0.1) is 5.92 Å². The maximum absolute atomic E-state index is 5.98. The average molecular weight is 194 g/mol. The van der Waals surface area contributed by atoms with E-state index in [4.69, 9.17) is 5.73 Å². The van der Waals surface area contributed by atoms with Crippen LogP contribution in [0.1, 0.15) is 56.7 Å². The summed E-state index contributed by atoms with van der Waals surface area (Å²) < 4.78 is 0. The fraction of sp³-hybridized carbons (Fsp3) is 0.800. The van der Waals surface area contributed by atoms with Gasteiger partial charge in [0.05, 0.1) is 6.04 Å². The van der Waals surface area contributed by atoms with Crippen LogP contribution in [-0.4, -0.2) is 15.2 Å². The molecule has 1 aliphatic rings. The molecule has 1 atom stereocenters. The van der Waals surface area contributed by atoms with E-state index in [0.717, 1.165) is 18.1 Å². The van der Waals surface area contributed by atoms with Gasteiger partial charge in [0.25, 0.3) is 0 Å². The normalized spacial score (nSPS) is 18.9. The molecule has 0 spiro atoms. The van der Waals surface area contributed by atoms with Crippen molar-refractivity contribution in [1.82, 2.24) is 15.2 Å². The van der Waals surface area contributed by atoms with Gasteiger partial charge in [-0.05, 0) is 25.2 Å². The van der Waals surface area contributed by atoms with E-state index in [9.17, 15) is 0 Å². The van der Waals surface area contributed by atoms with Gasteiger partial charge >= 0.3 is 0 Å². The van der Waals surface area contributed by atoms with Crippen LogP contribution in [0.15, 0.2) is 0 Å². The highest BCUT2D eigenvalue weighted by Gasteiger charge is 2.27. The van der Waals surface area contributed by atoms with Crippen molar-refractivity contribution < 1.29 is 0 Å². The van der Waals surface area contributed by atoms with E-state index in [-0.39, 0.29) is 6.04 Å². The number of H-pyrrole nitrogens is 1. The molecule has 0 bridgehead atoms. The molecule has 4 heteroatoms. The smallest absolute Gasteiger partial charge is 0.167 e. The number of nitrogens with zero attached hydrogens (tertiary/aromatic N) is 2. The van der Waals surface area contributed by atoms with Gasteiger partial charge in [0.2, 0.25) is 0 Å². The fourth-order valence-electron chi connectivity index (χ4n) is 1.61. The third-order valence-electron chi connectivity index (χ3n) is 2.54. The first kappa shape index (κ1) is 9.65. The van der Waals surface area contributed by atoms with Crippen molar-refractivity contribution in [1.29, 1.82) is 0 Å². The lowest BCUT2D eigenvalue weighted by Gasteiger charge is -2.09. The molecule has 2 rings (SSSR count). The van der Waals surface area contributed by atoms with Crippen molar-refractivity contribution in [2.75, 3.05) is 0 Å². The molecule has 3 N–H and O–H groups in total. The van der Waals surface area contributed by atoms with E-state index in [1.54, 1.807) is 0 Å². The van der Waals surface area contributed by atoms with E-state index in [1.165, 1.54) is 12.8 Å². The Hall–Kier alpha value is -0.900. The van der Waals surface area contributed by atoms with Crippen LogP contribution in [0.5, 0.6) is 0 Å². The molecule has 0 aromatic carbocycles. The van der Waals surface area contributed by atoms with Gasteiger partial charge in [0, 0.05) is 5.92 Å². The van der Waals surface area contributed by atoms with Crippen molar-refractivity contribution >= 4 is 0 Å². The number of nitrogens with one attached hydrogen (secondary N) is 1. The lowest BCUT2D eigenvalue weighted by Crippen LogP contribution is -2.14. The van der Waals surface area contributed by atoms with E-state index < -0.39 is 0 Å². The zero-order valence-corrected chi connectivity index (χ0v) is 8.83. The first-order valence-electron chi connectivity index (χ1n) is 5.34. The monoisotopic (exact) mass is 194 g/mol. The second-order valence-electron chi connectivity index (χ2n) is 4.59. The van der Waals surface area contributed by atoms with Gasteiger partial charge in [-0.25, -0.2) is 4.98 Å². The van der Waals surface area contributed by atoms with Gasteiger partial charge in [-0.1, -0.05) is 13.8 Å². The summed E-state index contributed by atoms with van der Waals surface area (Å²) in [4.78, 5) is 4.43. The predicted octanol–water partition coefficient (Wildman–Crippen LogP) is 1.73. The largest absolute Gasteiger partial charge is 0.321 e. The topological polar surface area (TPSA) is 67.6 Å². The molecule has 78 valence electrons. The molecule has 1 fully saturated rings. The number of rotatable bonds is 4. The summed E-state index contributed by atoms with van der Waals surface area (Å²) in [5.74, 6) is 3.02. The molecule has 1 aromatic heterocycles. The summed E-state index contributed by atoms with van der Waals surface area (Å²) in [5.41, 5.74) is 5.98. The van der Waals surface area contributed by atoms with Crippen LogP contribution in [0.3, 0.4) is 0 Å². The molecule has 1 aliphatic carbocycles. The molecule has 1 aromatic rings.